The summed E-state index contributed by atoms with van der Waals surface area (Å²) in [4.78, 5) is 6.10. The van der Waals surface area contributed by atoms with E-state index in [1.807, 2.05) is 111 Å². The van der Waals surface area contributed by atoms with Gasteiger partial charge in [0.2, 0.25) is 0 Å². The fourth-order valence-corrected chi connectivity index (χ4v) is 6.74. The van der Waals surface area contributed by atoms with Crippen molar-refractivity contribution in [3.8, 4) is 0 Å². The molecule has 0 aliphatic carbocycles. The first kappa shape index (κ1) is 37.0. The molecule has 12 nitrogen and oxygen atoms in total. The summed E-state index contributed by atoms with van der Waals surface area (Å²) >= 11 is 0. The summed E-state index contributed by atoms with van der Waals surface area (Å²) in [5.74, 6) is 2.01. The molecular formula is C34H45N8O4S2+. The monoisotopic (exact) mass is 693 g/mol. The third-order valence-corrected chi connectivity index (χ3v) is 9.68. The van der Waals surface area contributed by atoms with Crippen LogP contribution in [-0.4, -0.2) is 103 Å². The van der Waals surface area contributed by atoms with Crippen LogP contribution in [0.15, 0.2) is 118 Å². The Morgan fingerprint density at radius 1 is 0.625 bits per heavy atom. The van der Waals surface area contributed by atoms with E-state index in [1.165, 1.54) is 0 Å². The SMILES string of the molecule is OCCN(CCO)c1ccc(/N=N/C2=CCN(CCSSCC[n+]3ccc(/N=N/c4ccc(N(CCO)CCO)cc4)cc3)C=C2)cc1. The molecule has 256 valence electrons. The van der Waals surface area contributed by atoms with E-state index in [2.05, 4.69) is 42.2 Å². The van der Waals surface area contributed by atoms with Gasteiger partial charge in [0.15, 0.2) is 18.9 Å². The summed E-state index contributed by atoms with van der Waals surface area (Å²) < 4.78 is 2.14. The number of anilines is 2. The molecule has 0 amide bonds. The van der Waals surface area contributed by atoms with Gasteiger partial charge < -0.3 is 35.1 Å². The van der Waals surface area contributed by atoms with Gasteiger partial charge in [-0.25, -0.2) is 4.57 Å². The summed E-state index contributed by atoms with van der Waals surface area (Å²) in [6.07, 6.45) is 10.2. The number of aliphatic hydroxyl groups excluding tert-OH is 4. The second kappa shape index (κ2) is 21.2. The van der Waals surface area contributed by atoms with Gasteiger partial charge in [-0.15, -0.1) is 0 Å². The maximum absolute atomic E-state index is 9.23. The van der Waals surface area contributed by atoms with E-state index in [4.69, 9.17) is 0 Å². The molecule has 3 aromatic rings. The summed E-state index contributed by atoms with van der Waals surface area (Å²) in [6, 6.07) is 19.1. The number of pyridine rings is 1. The molecule has 0 saturated carbocycles. The van der Waals surface area contributed by atoms with Crippen LogP contribution >= 0.6 is 21.6 Å². The lowest BCUT2D eigenvalue weighted by Crippen LogP contribution is -2.33. The Bertz CT molecular complexity index is 1460. The zero-order valence-electron chi connectivity index (χ0n) is 27.0. The van der Waals surface area contributed by atoms with E-state index in [0.29, 0.717) is 26.2 Å². The van der Waals surface area contributed by atoms with Gasteiger partial charge in [0, 0.05) is 74.7 Å². The minimum absolute atomic E-state index is 0.0269. The van der Waals surface area contributed by atoms with Crippen LogP contribution < -0.4 is 14.4 Å². The Morgan fingerprint density at radius 3 is 1.58 bits per heavy atom. The van der Waals surface area contributed by atoms with Gasteiger partial charge in [0.1, 0.15) is 0 Å². The average molecular weight is 694 g/mol. The highest BCUT2D eigenvalue weighted by Gasteiger charge is 2.08. The fourth-order valence-electron chi connectivity index (χ4n) is 4.76. The molecule has 0 unspecified atom stereocenters. The van der Waals surface area contributed by atoms with Gasteiger partial charge in [0.05, 0.1) is 54.9 Å². The summed E-state index contributed by atoms with van der Waals surface area (Å²) in [5.41, 5.74) is 4.95. The second-order valence-electron chi connectivity index (χ2n) is 10.7. The smallest absolute Gasteiger partial charge is 0.171 e. The van der Waals surface area contributed by atoms with Crippen LogP contribution in [0.5, 0.6) is 0 Å². The van der Waals surface area contributed by atoms with Crippen LogP contribution in [0.4, 0.5) is 28.4 Å². The van der Waals surface area contributed by atoms with Gasteiger partial charge in [-0.1, -0.05) is 21.6 Å². The van der Waals surface area contributed by atoms with Crippen molar-refractivity contribution in [1.82, 2.24) is 4.90 Å². The lowest BCUT2D eigenvalue weighted by Gasteiger charge is -2.22. The van der Waals surface area contributed by atoms with E-state index >= 15 is 0 Å². The lowest BCUT2D eigenvalue weighted by molar-refractivity contribution is -0.692. The summed E-state index contributed by atoms with van der Waals surface area (Å²) in [7, 11) is 3.74. The maximum atomic E-state index is 9.23. The normalized spacial score (nSPS) is 13.1. The number of hydrogen-bond acceptors (Lipinski definition) is 13. The quantitative estimate of drug-likeness (QED) is 0.0533. The minimum Gasteiger partial charge on any atom is -0.395 e. The van der Waals surface area contributed by atoms with Gasteiger partial charge in [-0.3, -0.25) is 0 Å². The molecule has 2 aromatic carbocycles. The standard InChI is InChI=1S/C34H45N8O4S2/c43-23-17-41(18-24-44)33-5-1-29(2-6-33)35-37-31-9-13-39(14-10-31)21-27-47-48-28-22-40-15-11-32(12-16-40)38-36-30-3-7-34(8-4-30)42(19-25-45)20-26-46/h1-15,43-46H,16-28H2/q+1/b38-36+. The first-order chi connectivity index (χ1) is 23.6. The summed E-state index contributed by atoms with van der Waals surface area (Å²) in [6.45, 7) is 4.63. The minimum atomic E-state index is 0.0269. The molecule has 2 heterocycles. The Balaban J connectivity index is 1.09. The highest BCUT2D eigenvalue weighted by molar-refractivity contribution is 8.76. The first-order valence-corrected chi connectivity index (χ1v) is 18.4. The molecule has 0 radical (unpaired) electrons. The molecule has 48 heavy (non-hydrogen) atoms. The Labute approximate surface area is 290 Å². The zero-order chi connectivity index (χ0) is 33.8. The topological polar surface area (TPSA) is 144 Å². The van der Waals surface area contributed by atoms with Crippen LogP contribution in [0.25, 0.3) is 0 Å². The molecule has 0 spiro atoms. The molecule has 1 aromatic heterocycles. The maximum Gasteiger partial charge on any atom is 0.171 e. The number of hydrogen-bond donors (Lipinski definition) is 4. The van der Waals surface area contributed by atoms with Crippen molar-refractivity contribution in [3.63, 3.8) is 0 Å². The molecule has 0 saturated heterocycles. The van der Waals surface area contributed by atoms with Crippen molar-refractivity contribution in [2.75, 3.05) is 87.0 Å². The molecule has 4 N–H and O–H groups in total. The van der Waals surface area contributed by atoms with Crippen molar-refractivity contribution in [1.29, 1.82) is 0 Å². The molecule has 0 fully saturated rings. The van der Waals surface area contributed by atoms with E-state index in [-0.39, 0.29) is 26.4 Å². The molecule has 0 bridgehead atoms. The number of aromatic nitrogens is 1. The first-order valence-electron chi connectivity index (χ1n) is 15.9. The molecular weight excluding hydrogens is 649 g/mol. The molecule has 4 rings (SSSR count). The number of allylic oxidation sites excluding steroid dienone is 1. The van der Waals surface area contributed by atoms with Crippen molar-refractivity contribution >= 4 is 50.0 Å². The summed E-state index contributed by atoms with van der Waals surface area (Å²) in [5, 5.41) is 54.3. The fraction of sp³-hybridized carbons (Fsp3) is 0.382. The molecule has 14 heteroatoms. The number of aliphatic hydroxyl groups is 4. The van der Waals surface area contributed by atoms with Crippen molar-refractivity contribution in [2.24, 2.45) is 20.5 Å². The van der Waals surface area contributed by atoms with Crippen molar-refractivity contribution in [2.45, 2.75) is 6.54 Å². The van der Waals surface area contributed by atoms with Gasteiger partial charge in [-0.2, -0.15) is 20.5 Å². The van der Waals surface area contributed by atoms with Crippen molar-refractivity contribution in [3.05, 3.63) is 97.1 Å². The zero-order valence-corrected chi connectivity index (χ0v) is 28.7. The van der Waals surface area contributed by atoms with E-state index < -0.39 is 0 Å². The van der Waals surface area contributed by atoms with Crippen LogP contribution in [0, 0.1) is 0 Å². The van der Waals surface area contributed by atoms with Crippen LogP contribution in [0.2, 0.25) is 0 Å². The lowest BCUT2D eigenvalue weighted by atomic mass is 10.2. The largest absolute Gasteiger partial charge is 0.395 e. The molecule has 1 aliphatic heterocycles. The number of nitrogens with zero attached hydrogens (tertiary/aromatic N) is 8. The predicted octanol–water partition coefficient (Wildman–Crippen LogP) is 4.85. The van der Waals surface area contributed by atoms with Gasteiger partial charge in [0.25, 0.3) is 0 Å². The predicted molar refractivity (Wildman–Crippen MR) is 195 cm³/mol. The van der Waals surface area contributed by atoms with Gasteiger partial charge >= 0.3 is 0 Å². The number of azo groups is 2. The third kappa shape index (κ3) is 12.7. The van der Waals surface area contributed by atoms with Crippen LogP contribution in [0.3, 0.4) is 0 Å². The second-order valence-corrected chi connectivity index (χ2v) is 13.4. The Morgan fingerprint density at radius 2 is 1.10 bits per heavy atom. The van der Waals surface area contributed by atoms with E-state index in [0.717, 1.165) is 65.3 Å². The highest BCUT2D eigenvalue weighted by atomic mass is 33.1. The van der Waals surface area contributed by atoms with Crippen molar-refractivity contribution < 1.29 is 25.0 Å². The molecule has 1 aliphatic rings. The Hall–Kier alpha value is -3.79. The van der Waals surface area contributed by atoms with E-state index in [9.17, 15) is 20.4 Å². The average Bonchev–Trinajstić information content (AvgIpc) is 3.12. The van der Waals surface area contributed by atoms with E-state index in [1.54, 1.807) is 0 Å². The highest BCUT2D eigenvalue weighted by Crippen LogP contribution is 2.24. The number of benzene rings is 2. The van der Waals surface area contributed by atoms with Crippen LogP contribution in [0.1, 0.15) is 0 Å². The number of aryl methyl sites for hydroxylation is 1. The van der Waals surface area contributed by atoms with Crippen LogP contribution in [-0.2, 0) is 6.54 Å². The molecule has 0 atom stereocenters. The number of rotatable bonds is 21. The third-order valence-electron chi connectivity index (χ3n) is 7.31. The van der Waals surface area contributed by atoms with Gasteiger partial charge in [-0.05, 0) is 60.7 Å². The Kier molecular flexibility index (Phi) is 16.4.